The molecule has 3 heteroatoms. The number of ether oxygens (including phenoxy) is 2. The Morgan fingerprint density at radius 2 is 2.00 bits per heavy atom. The molecule has 3 rings (SSSR count). The lowest BCUT2D eigenvalue weighted by atomic mass is 9.69. The van der Waals surface area contributed by atoms with Crippen molar-refractivity contribution in [2.75, 3.05) is 7.11 Å². The van der Waals surface area contributed by atoms with Crippen molar-refractivity contribution in [3.8, 4) is 23.8 Å². The van der Waals surface area contributed by atoms with E-state index in [-0.39, 0.29) is 11.9 Å². The molecule has 3 nitrogen and oxygen atoms in total. The van der Waals surface area contributed by atoms with Crippen molar-refractivity contribution in [1.82, 2.24) is 0 Å². The van der Waals surface area contributed by atoms with Crippen LogP contribution in [0.3, 0.4) is 0 Å². The molecule has 1 atom stereocenters. The van der Waals surface area contributed by atoms with Gasteiger partial charge in [-0.25, -0.2) is 0 Å². The number of Topliss-reactive ketones (excluding diaryl/α,β-unsaturated/α-hetero) is 1. The van der Waals surface area contributed by atoms with Crippen LogP contribution in [0.25, 0.3) is 0 Å². The maximum atomic E-state index is 11.9. The lowest BCUT2D eigenvalue weighted by molar-refractivity contribution is -0.121. The summed E-state index contributed by atoms with van der Waals surface area (Å²) in [5.74, 6) is 4.64. The Balaban J connectivity index is 1.92. The van der Waals surface area contributed by atoms with Gasteiger partial charge in [0.25, 0.3) is 0 Å². The molecular formula is C20H24O3. The number of carbonyl (C=O) groups excluding carboxylic acids is 1. The number of rotatable bonds is 4. The number of methoxy groups -OCH3 is 1. The lowest BCUT2D eigenvalue weighted by Gasteiger charge is -2.32. The Hall–Kier alpha value is -1.95. The summed E-state index contributed by atoms with van der Waals surface area (Å²) in [6, 6.07) is 5.90. The second-order valence-corrected chi connectivity index (χ2v) is 6.69. The molecule has 1 aromatic rings. The van der Waals surface area contributed by atoms with E-state index in [0.29, 0.717) is 12.8 Å². The molecule has 0 N–H and O–H groups in total. The Bertz CT molecular complexity index is 622. The van der Waals surface area contributed by atoms with Gasteiger partial charge in [0, 0.05) is 12.8 Å². The van der Waals surface area contributed by atoms with Crippen LogP contribution in [-0.4, -0.2) is 19.0 Å². The number of ketones is 1. The maximum absolute atomic E-state index is 11.9. The standard InChI is InChI=1S/C20H24O3/c1-3-20(12-6-7-16(21)14-20)15-10-11-18(22-2)19(13-15)23-17-8-4-5-9-17/h1,10-11,13,17H,4-9,12,14H2,2H3. The van der Waals surface area contributed by atoms with E-state index in [1.165, 1.54) is 12.8 Å². The van der Waals surface area contributed by atoms with E-state index < -0.39 is 5.41 Å². The highest BCUT2D eigenvalue weighted by Crippen LogP contribution is 2.41. The van der Waals surface area contributed by atoms with E-state index in [9.17, 15) is 4.79 Å². The summed E-state index contributed by atoms with van der Waals surface area (Å²) in [5, 5.41) is 0. The van der Waals surface area contributed by atoms with Crippen molar-refractivity contribution in [2.45, 2.75) is 62.9 Å². The van der Waals surface area contributed by atoms with Gasteiger partial charge in [0.05, 0.1) is 18.6 Å². The summed E-state index contributed by atoms with van der Waals surface area (Å²) in [4.78, 5) is 11.9. The smallest absolute Gasteiger partial charge is 0.161 e. The van der Waals surface area contributed by atoms with Gasteiger partial charge in [-0.1, -0.05) is 12.0 Å². The van der Waals surface area contributed by atoms with Gasteiger partial charge in [0.1, 0.15) is 5.78 Å². The average Bonchev–Trinajstić information content (AvgIpc) is 3.07. The van der Waals surface area contributed by atoms with Gasteiger partial charge in [0.15, 0.2) is 11.5 Å². The molecule has 122 valence electrons. The predicted molar refractivity (Wildman–Crippen MR) is 89.9 cm³/mol. The summed E-state index contributed by atoms with van der Waals surface area (Å²) in [5.41, 5.74) is 0.511. The van der Waals surface area contributed by atoms with Crippen molar-refractivity contribution in [3.63, 3.8) is 0 Å². The molecule has 0 spiro atoms. The number of hydrogen-bond acceptors (Lipinski definition) is 3. The second-order valence-electron chi connectivity index (χ2n) is 6.69. The lowest BCUT2D eigenvalue weighted by Crippen LogP contribution is -2.31. The zero-order valence-electron chi connectivity index (χ0n) is 13.8. The first kappa shape index (κ1) is 15.9. The monoisotopic (exact) mass is 312 g/mol. The molecule has 0 aromatic heterocycles. The third kappa shape index (κ3) is 3.22. The minimum atomic E-state index is -0.491. The van der Waals surface area contributed by atoms with Gasteiger partial charge in [-0.15, -0.1) is 6.42 Å². The van der Waals surface area contributed by atoms with Gasteiger partial charge in [-0.3, -0.25) is 4.79 Å². The van der Waals surface area contributed by atoms with Crippen LogP contribution in [0.2, 0.25) is 0 Å². The van der Waals surface area contributed by atoms with Gasteiger partial charge in [-0.2, -0.15) is 0 Å². The highest BCUT2D eigenvalue weighted by atomic mass is 16.5. The molecular weight excluding hydrogens is 288 g/mol. The maximum Gasteiger partial charge on any atom is 0.161 e. The zero-order valence-corrected chi connectivity index (χ0v) is 13.8. The predicted octanol–water partition coefficient (Wildman–Crippen LogP) is 4.03. The highest BCUT2D eigenvalue weighted by molar-refractivity contribution is 5.82. The summed E-state index contributed by atoms with van der Waals surface area (Å²) < 4.78 is 11.6. The zero-order chi connectivity index (χ0) is 16.3. The molecule has 0 radical (unpaired) electrons. The van der Waals surface area contributed by atoms with E-state index in [1.807, 2.05) is 18.2 Å². The second kappa shape index (κ2) is 6.66. The van der Waals surface area contributed by atoms with Crippen LogP contribution < -0.4 is 9.47 Å². The van der Waals surface area contributed by atoms with Crippen LogP contribution in [-0.2, 0) is 10.2 Å². The first-order valence-corrected chi connectivity index (χ1v) is 8.51. The normalized spacial score (nSPS) is 25.1. The minimum absolute atomic E-state index is 0.253. The quantitative estimate of drug-likeness (QED) is 0.787. The van der Waals surface area contributed by atoms with Gasteiger partial charge < -0.3 is 9.47 Å². The molecule has 0 bridgehead atoms. The first-order valence-electron chi connectivity index (χ1n) is 8.51. The van der Waals surface area contributed by atoms with Gasteiger partial charge in [0.2, 0.25) is 0 Å². The van der Waals surface area contributed by atoms with E-state index >= 15 is 0 Å². The fraction of sp³-hybridized carbons (Fsp3) is 0.550. The molecule has 2 aliphatic carbocycles. The Kier molecular flexibility index (Phi) is 4.61. The van der Waals surface area contributed by atoms with E-state index in [2.05, 4.69) is 5.92 Å². The van der Waals surface area contributed by atoms with Crippen molar-refractivity contribution < 1.29 is 14.3 Å². The van der Waals surface area contributed by atoms with Gasteiger partial charge >= 0.3 is 0 Å². The van der Waals surface area contributed by atoms with Crippen LogP contribution in [0.5, 0.6) is 11.5 Å². The molecule has 2 aliphatic rings. The Morgan fingerprint density at radius 1 is 1.22 bits per heavy atom. The summed E-state index contributed by atoms with van der Waals surface area (Å²) in [6.45, 7) is 0. The van der Waals surface area contributed by atoms with E-state index in [1.54, 1.807) is 7.11 Å². The highest BCUT2D eigenvalue weighted by Gasteiger charge is 2.36. The van der Waals surface area contributed by atoms with Crippen LogP contribution >= 0.6 is 0 Å². The van der Waals surface area contributed by atoms with Crippen molar-refractivity contribution >= 4 is 5.78 Å². The Morgan fingerprint density at radius 3 is 2.65 bits per heavy atom. The fourth-order valence-electron chi connectivity index (χ4n) is 3.81. The summed E-state index contributed by atoms with van der Waals surface area (Å²) >= 11 is 0. The Labute approximate surface area is 138 Å². The molecule has 0 aliphatic heterocycles. The first-order chi connectivity index (χ1) is 11.2. The summed E-state index contributed by atoms with van der Waals surface area (Å²) in [6.07, 6.45) is 13.5. The topological polar surface area (TPSA) is 35.5 Å². The fourth-order valence-corrected chi connectivity index (χ4v) is 3.81. The molecule has 2 saturated carbocycles. The van der Waals surface area contributed by atoms with Crippen molar-refractivity contribution in [3.05, 3.63) is 23.8 Å². The number of terminal acetylenes is 1. The van der Waals surface area contributed by atoms with Crippen LogP contribution in [0, 0.1) is 12.3 Å². The van der Waals surface area contributed by atoms with Gasteiger partial charge in [-0.05, 0) is 56.2 Å². The van der Waals surface area contributed by atoms with Crippen LogP contribution in [0.4, 0.5) is 0 Å². The molecule has 23 heavy (non-hydrogen) atoms. The molecule has 1 aromatic carbocycles. The number of benzene rings is 1. The van der Waals surface area contributed by atoms with Crippen molar-refractivity contribution in [1.29, 1.82) is 0 Å². The molecule has 0 amide bonds. The third-order valence-corrected chi connectivity index (χ3v) is 5.15. The minimum Gasteiger partial charge on any atom is -0.493 e. The SMILES string of the molecule is C#CC1(c2ccc(OC)c(OC3CCCC3)c2)CCCC(=O)C1. The van der Waals surface area contributed by atoms with E-state index in [4.69, 9.17) is 15.9 Å². The molecule has 2 fully saturated rings. The van der Waals surface area contributed by atoms with Crippen molar-refractivity contribution in [2.24, 2.45) is 0 Å². The largest absolute Gasteiger partial charge is 0.493 e. The van der Waals surface area contributed by atoms with Crippen LogP contribution in [0.1, 0.15) is 56.9 Å². The molecule has 0 saturated heterocycles. The molecule has 1 unspecified atom stereocenters. The van der Waals surface area contributed by atoms with Crippen LogP contribution in [0.15, 0.2) is 18.2 Å². The number of carbonyl (C=O) groups is 1. The third-order valence-electron chi connectivity index (χ3n) is 5.15. The average molecular weight is 312 g/mol. The summed E-state index contributed by atoms with van der Waals surface area (Å²) in [7, 11) is 1.65. The number of hydrogen-bond donors (Lipinski definition) is 0. The van der Waals surface area contributed by atoms with E-state index in [0.717, 1.165) is 42.7 Å². The molecule has 0 heterocycles.